The normalized spacial score (nSPS) is 22.6. The molecule has 4 aromatic rings. The number of halogens is 4. The number of sulfonamides is 1. The van der Waals surface area contributed by atoms with Gasteiger partial charge in [-0.2, -0.15) is 13.2 Å². The van der Waals surface area contributed by atoms with Crippen molar-refractivity contribution in [2.24, 2.45) is 5.41 Å². The number of sulfone groups is 1. The summed E-state index contributed by atoms with van der Waals surface area (Å²) < 4.78 is 104. The number of morpholine rings is 1. The number of thioether (sulfide) groups is 1. The largest absolute Gasteiger partial charge is 0.501 e. The Morgan fingerprint density at radius 3 is 2.24 bits per heavy atom. The van der Waals surface area contributed by atoms with Crippen LogP contribution in [-0.2, 0) is 24.6 Å². The van der Waals surface area contributed by atoms with Gasteiger partial charge in [-0.25, -0.2) is 26.4 Å². The summed E-state index contributed by atoms with van der Waals surface area (Å²) in [5.74, 6) is -0.685. The average Bonchev–Trinajstić information content (AvgIpc) is 4.00. The number of nitrogens with zero attached hydrogens (tertiary/aromatic N) is 5. The molecule has 0 radical (unpaired) electrons. The number of alkyl halides is 3. The minimum absolute atomic E-state index is 0.0212. The van der Waals surface area contributed by atoms with Crippen molar-refractivity contribution in [3.05, 3.63) is 119 Å². The van der Waals surface area contributed by atoms with Crippen molar-refractivity contribution in [3.63, 3.8) is 0 Å². The number of carbonyl (C=O) groups excluding carboxylic acids is 1. The minimum atomic E-state index is -6.08. The third-order valence-corrected chi connectivity index (χ3v) is 19.5. The Bertz CT molecular complexity index is 2950. The van der Waals surface area contributed by atoms with Crippen molar-refractivity contribution in [1.82, 2.24) is 24.3 Å². The molecule has 5 aliphatic rings. The Morgan fingerprint density at radius 2 is 1.59 bits per heavy atom. The van der Waals surface area contributed by atoms with E-state index >= 15 is 0 Å². The molecule has 404 valence electrons. The highest BCUT2D eigenvalue weighted by Gasteiger charge is 2.49. The molecule has 0 aromatic heterocycles. The van der Waals surface area contributed by atoms with Gasteiger partial charge < -0.3 is 25.0 Å². The number of allylic oxidation sites excluding steroid dienone is 1. The molecule has 4 fully saturated rings. The van der Waals surface area contributed by atoms with Crippen LogP contribution >= 0.6 is 23.4 Å². The molecule has 2 unspecified atom stereocenters. The summed E-state index contributed by atoms with van der Waals surface area (Å²) >= 11 is 7.74. The number of benzene rings is 4. The number of hydrogen-bond donors (Lipinski definition) is 3. The van der Waals surface area contributed by atoms with E-state index in [2.05, 4.69) is 44.0 Å². The number of rotatable bonds is 18. The molecular formula is C53H63ClF3N7O8S3. The number of amides is 2. The van der Waals surface area contributed by atoms with Gasteiger partial charge >= 0.3 is 11.6 Å². The van der Waals surface area contributed by atoms with E-state index in [-0.39, 0.29) is 23.1 Å². The molecule has 1 aliphatic carbocycles. The molecule has 9 rings (SSSR count). The van der Waals surface area contributed by atoms with Crippen LogP contribution in [0.1, 0.15) is 54.9 Å². The minimum Gasteiger partial charge on any atom is -0.465 e. The maximum Gasteiger partial charge on any atom is 0.501 e. The Balaban J connectivity index is 0.842. The molecule has 2 bridgehead atoms. The zero-order valence-electron chi connectivity index (χ0n) is 41.7. The van der Waals surface area contributed by atoms with Crippen molar-refractivity contribution in [2.45, 2.75) is 77.3 Å². The second kappa shape index (κ2) is 23.0. The highest BCUT2D eigenvalue weighted by molar-refractivity contribution is 7.99. The smallest absolute Gasteiger partial charge is 0.465 e. The standard InChI is InChI=1S/C53H63ClF3N7O8S3/c1-52(36-63-33-44-29-43(63)34-64(44)51(66)67)19-17-47(37-7-11-40(54)12-8-37)39(31-52)32-61-21-23-62(24-22-61)42-13-9-38(10-14-42)50(65)59-75(70,71)46-15-16-48(49(30-46)74(68,69)53(55,56)57)58-41(18-20-60-25-27-72-28-26-60)35-73-45-5-3-2-4-6-45/h2-16,30,41,43-44,58H,17-29,31-36H2,1H3,(H,59,65)(H,66,67)/t41?,43-,44-,52?/m0/s1. The van der Waals surface area contributed by atoms with Gasteiger partial charge in [-0.3, -0.25) is 19.5 Å². The SMILES string of the molecule is CC1(CN2C[C@@H]3C[C@H]2CN3C(=O)O)CCC(c2ccc(Cl)cc2)=C(CN2CCN(c3ccc(C(=O)NS(=O)(=O)c4ccc(NC(CCN5CCOCC5)CSc5ccccc5)c(S(=O)(=O)C(F)(F)F)c4)cc3)CC2)C1. The van der Waals surface area contributed by atoms with Gasteiger partial charge in [0.1, 0.15) is 4.90 Å². The third kappa shape index (κ3) is 13.1. The molecule has 0 spiro atoms. The van der Waals surface area contributed by atoms with E-state index in [0.29, 0.717) is 75.7 Å². The average molecular weight is 1110 g/mol. The van der Waals surface area contributed by atoms with Crippen LogP contribution in [0.25, 0.3) is 5.57 Å². The van der Waals surface area contributed by atoms with Gasteiger partial charge in [-0.1, -0.05) is 54.4 Å². The van der Waals surface area contributed by atoms with E-state index in [1.54, 1.807) is 17.0 Å². The molecule has 22 heteroatoms. The van der Waals surface area contributed by atoms with Crippen LogP contribution in [-0.4, -0.2) is 168 Å². The summed E-state index contributed by atoms with van der Waals surface area (Å²) in [6.45, 7) is 11.3. The first-order chi connectivity index (χ1) is 35.7. The van der Waals surface area contributed by atoms with E-state index in [1.165, 1.54) is 40.6 Å². The number of ether oxygens (including phenoxy) is 1. The van der Waals surface area contributed by atoms with E-state index < -0.39 is 58.9 Å². The van der Waals surface area contributed by atoms with Gasteiger partial charge in [0.15, 0.2) is 0 Å². The second-order valence-electron chi connectivity index (χ2n) is 20.5. The lowest BCUT2D eigenvalue weighted by molar-refractivity contribution is -0.0436. The van der Waals surface area contributed by atoms with Crippen LogP contribution in [0.2, 0.25) is 5.02 Å². The summed E-state index contributed by atoms with van der Waals surface area (Å²) in [5, 5.41) is 13.3. The van der Waals surface area contributed by atoms with Crippen LogP contribution in [0.5, 0.6) is 0 Å². The van der Waals surface area contributed by atoms with E-state index in [4.69, 9.17) is 16.3 Å². The molecule has 0 saturated carbocycles. The molecule has 4 heterocycles. The van der Waals surface area contributed by atoms with E-state index in [1.807, 2.05) is 47.2 Å². The molecular weight excluding hydrogens is 1050 g/mol. The molecule has 4 aliphatic heterocycles. The van der Waals surface area contributed by atoms with Crippen molar-refractivity contribution in [1.29, 1.82) is 0 Å². The maximum absolute atomic E-state index is 14.3. The Labute approximate surface area is 446 Å². The molecule has 4 aromatic carbocycles. The van der Waals surface area contributed by atoms with Gasteiger partial charge in [-0.15, -0.1) is 11.8 Å². The van der Waals surface area contributed by atoms with Gasteiger partial charge in [0.05, 0.1) is 23.8 Å². The summed E-state index contributed by atoms with van der Waals surface area (Å²) in [6, 6.07) is 26.0. The second-order valence-corrected chi connectivity index (χ2v) is 25.7. The Morgan fingerprint density at radius 1 is 0.880 bits per heavy atom. The van der Waals surface area contributed by atoms with Crippen molar-refractivity contribution >= 4 is 72.2 Å². The number of carboxylic acid groups (broad SMARTS) is 1. The van der Waals surface area contributed by atoms with E-state index in [0.717, 1.165) is 81.1 Å². The number of hydrogen-bond acceptors (Lipinski definition) is 13. The number of fused-ring (bicyclic) bond motifs is 2. The van der Waals surface area contributed by atoms with Crippen LogP contribution in [0, 0.1) is 5.41 Å². The lowest BCUT2D eigenvalue weighted by Gasteiger charge is -2.44. The molecule has 4 saturated heterocycles. The predicted molar refractivity (Wildman–Crippen MR) is 285 cm³/mol. The quantitative estimate of drug-likeness (QED) is 0.0814. The Kier molecular flexibility index (Phi) is 16.8. The number of piperazine rings is 2. The first-order valence-electron chi connectivity index (χ1n) is 25.3. The monoisotopic (exact) mass is 1110 g/mol. The summed E-state index contributed by atoms with van der Waals surface area (Å²) in [4.78, 5) is 34.9. The number of nitrogens with one attached hydrogen (secondary N) is 2. The lowest BCUT2D eigenvalue weighted by Crippen LogP contribution is -2.51. The topological polar surface area (TPSA) is 172 Å². The molecule has 3 N–H and O–H groups in total. The first kappa shape index (κ1) is 54.9. The summed E-state index contributed by atoms with van der Waals surface area (Å²) in [6.07, 6.45) is 3.34. The molecule has 4 atom stereocenters. The number of carbonyl (C=O) groups is 2. The summed E-state index contributed by atoms with van der Waals surface area (Å²) in [5.41, 5.74) is -1.45. The first-order valence-corrected chi connectivity index (χ1v) is 29.6. The third-order valence-electron chi connectivity index (χ3n) is 15.2. The fourth-order valence-corrected chi connectivity index (χ4v) is 14.3. The zero-order valence-corrected chi connectivity index (χ0v) is 44.9. The van der Waals surface area contributed by atoms with Gasteiger partial charge in [0.2, 0.25) is 0 Å². The fraction of sp³-hybridized carbons (Fsp3) is 0.472. The van der Waals surface area contributed by atoms with Crippen molar-refractivity contribution in [3.8, 4) is 0 Å². The lowest BCUT2D eigenvalue weighted by atomic mass is 9.71. The van der Waals surface area contributed by atoms with Crippen molar-refractivity contribution in [2.75, 3.05) is 101 Å². The van der Waals surface area contributed by atoms with Crippen LogP contribution < -0.4 is 14.9 Å². The fourth-order valence-electron chi connectivity index (χ4n) is 11.2. The Hall–Kier alpha value is -4.87. The highest BCUT2D eigenvalue weighted by atomic mass is 35.5. The van der Waals surface area contributed by atoms with Gasteiger partial charge in [-0.05, 0) is 115 Å². The van der Waals surface area contributed by atoms with Crippen LogP contribution in [0.3, 0.4) is 0 Å². The molecule has 75 heavy (non-hydrogen) atoms. The van der Waals surface area contributed by atoms with Crippen LogP contribution in [0.15, 0.2) is 117 Å². The van der Waals surface area contributed by atoms with Crippen LogP contribution in [0.4, 0.5) is 29.3 Å². The maximum atomic E-state index is 14.3. The molecule has 15 nitrogen and oxygen atoms in total. The predicted octanol–water partition coefficient (Wildman–Crippen LogP) is 8.25. The van der Waals surface area contributed by atoms with E-state index in [9.17, 15) is 44.7 Å². The van der Waals surface area contributed by atoms with Gasteiger partial charge in [0.25, 0.3) is 25.8 Å². The van der Waals surface area contributed by atoms with Crippen molar-refractivity contribution < 1.29 is 49.4 Å². The highest BCUT2D eigenvalue weighted by Crippen LogP contribution is 2.46. The zero-order chi connectivity index (χ0) is 53.1. The van der Waals surface area contributed by atoms with Gasteiger partial charge in [0, 0.05) is 117 Å². The molecule has 2 amide bonds. The number of anilines is 2. The number of likely N-dealkylation sites (tertiary alicyclic amines) is 2. The summed E-state index contributed by atoms with van der Waals surface area (Å²) in [7, 11) is -11.0.